The van der Waals surface area contributed by atoms with Crippen molar-refractivity contribution in [3.63, 3.8) is 0 Å². The van der Waals surface area contributed by atoms with Crippen molar-refractivity contribution in [1.29, 1.82) is 0 Å². The number of amides is 1. The van der Waals surface area contributed by atoms with Gasteiger partial charge in [-0.25, -0.2) is 4.79 Å². The van der Waals surface area contributed by atoms with Crippen molar-refractivity contribution in [3.8, 4) is 0 Å². The Labute approximate surface area is 167 Å². The van der Waals surface area contributed by atoms with Gasteiger partial charge in [-0.1, -0.05) is 40.5 Å². The molecule has 0 rings (SSSR count). The lowest BCUT2D eigenvalue weighted by molar-refractivity contribution is 0.155. The Morgan fingerprint density at radius 1 is 0.778 bits per heavy atom. The van der Waals surface area contributed by atoms with Crippen molar-refractivity contribution in [1.82, 2.24) is 5.32 Å². The van der Waals surface area contributed by atoms with Crippen LogP contribution in [0.5, 0.6) is 0 Å². The van der Waals surface area contributed by atoms with E-state index < -0.39 is 0 Å². The van der Waals surface area contributed by atoms with Crippen LogP contribution in [0.25, 0.3) is 0 Å². The summed E-state index contributed by atoms with van der Waals surface area (Å²) < 4.78 is 5.12. The molecule has 1 amide bonds. The molecule has 154 valence electrons. The SMILES string of the molecule is CC(C)=CCC/C(C)=C/CC/C(C)=C/CC/C(C)=C/COC(=O)NC(C)C. The molecule has 0 aliphatic carbocycles. The van der Waals surface area contributed by atoms with E-state index in [4.69, 9.17) is 4.74 Å². The van der Waals surface area contributed by atoms with E-state index in [0.717, 1.165) is 38.5 Å². The van der Waals surface area contributed by atoms with E-state index in [0.29, 0.717) is 6.61 Å². The van der Waals surface area contributed by atoms with Gasteiger partial charge in [0.2, 0.25) is 0 Å². The van der Waals surface area contributed by atoms with E-state index in [1.165, 1.54) is 22.3 Å². The number of alkyl carbamates (subject to hydrolysis) is 1. The van der Waals surface area contributed by atoms with E-state index in [1.54, 1.807) is 0 Å². The molecular weight excluding hydrogens is 334 g/mol. The molecule has 0 aromatic carbocycles. The van der Waals surface area contributed by atoms with Gasteiger partial charge in [0.15, 0.2) is 0 Å². The molecule has 0 spiro atoms. The fraction of sp³-hybridized carbons (Fsp3) is 0.625. The molecule has 0 aromatic heterocycles. The predicted octanol–water partition coefficient (Wildman–Crippen LogP) is 7.27. The highest BCUT2D eigenvalue weighted by Gasteiger charge is 2.01. The van der Waals surface area contributed by atoms with Gasteiger partial charge >= 0.3 is 6.09 Å². The molecular formula is C24H41NO2. The van der Waals surface area contributed by atoms with Crippen LogP contribution in [0.4, 0.5) is 4.79 Å². The van der Waals surface area contributed by atoms with Crippen LogP contribution in [0.1, 0.15) is 87.0 Å². The second-order valence-electron chi connectivity index (χ2n) is 7.95. The van der Waals surface area contributed by atoms with Gasteiger partial charge in [0.1, 0.15) is 6.61 Å². The number of carbonyl (C=O) groups is 1. The molecule has 0 aliphatic heterocycles. The molecule has 0 saturated heterocycles. The first-order chi connectivity index (χ1) is 12.7. The monoisotopic (exact) mass is 375 g/mol. The summed E-state index contributed by atoms with van der Waals surface area (Å²) in [4.78, 5) is 11.4. The average molecular weight is 376 g/mol. The minimum atomic E-state index is -0.353. The highest BCUT2D eigenvalue weighted by atomic mass is 16.5. The third-order valence-electron chi connectivity index (χ3n) is 4.21. The Kier molecular flexibility index (Phi) is 14.3. The highest BCUT2D eigenvalue weighted by molar-refractivity contribution is 5.67. The molecule has 0 aliphatic rings. The molecule has 0 unspecified atom stereocenters. The maximum atomic E-state index is 11.4. The molecule has 0 bridgehead atoms. The Balaban J connectivity index is 4.01. The zero-order valence-electron chi connectivity index (χ0n) is 18.7. The summed E-state index contributed by atoms with van der Waals surface area (Å²) in [5.74, 6) is 0. The van der Waals surface area contributed by atoms with Gasteiger partial charge in [0, 0.05) is 6.04 Å². The summed E-state index contributed by atoms with van der Waals surface area (Å²) in [7, 11) is 0. The first-order valence-electron chi connectivity index (χ1n) is 10.2. The standard InChI is InChI=1S/C24H41NO2/c1-19(2)11-8-12-21(5)13-9-14-22(6)15-10-16-23(7)17-18-27-24(26)25-20(3)4/h11,13,15,17,20H,8-10,12,14,16,18H2,1-7H3,(H,25,26)/b21-13+,22-15+,23-17+. The lowest BCUT2D eigenvalue weighted by atomic mass is 10.0. The van der Waals surface area contributed by atoms with E-state index in [-0.39, 0.29) is 12.1 Å². The number of hydrogen-bond acceptors (Lipinski definition) is 2. The van der Waals surface area contributed by atoms with Crippen molar-refractivity contribution in [2.45, 2.75) is 93.0 Å². The first-order valence-corrected chi connectivity index (χ1v) is 10.2. The van der Waals surface area contributed by atoms with Crippen LogP contribution in [-0.4, -0.2) is 18.7 Å². The van der Waals surface area contributed by atoms with Crippen LogP contribution in [0.3, 0.4) is 0 Å². The third kappa shape index (κ3) is 17.4. The number of ether oxygens (including phenoxy) is 1. The largest absolute Gasteiger partial charge is 0.445 e. The quantitative estimate of drug-likeness (QED) is 0.364. The van der Waals surface area contributed by atoms with E-state index >= 15 is 0 Å². The number of hydrogen-bond donors (Lipinski definition) is 1. The lowest BCUT2D eigenvalue weighted by Crippen LogP contribution is -2.30. The normalized spacial score (nSPS) is 13.0. The summed E-state index contributed by atoms with van der Waals surface area (Å²) in [6.45, 7) is 15.0. The summed E-state index contributed by atoms with van der Waals surface area (Å²) in [5.41, 5.74) is 5.59. The Hall–Kier alpha value is -1.77. The Morgan fingerprint density at radius 2 is 1.22 bits per heavy atom. The van der Waals surface area contributed by atoms with Gasteiger partial charge in [0.05, 0.1) is 0 Å². The van der Waals surface area contributed by atoms with Crippen LogP contribution in [0.2, 0.25) is 0 Å². The molecule has 0 atom stereocenters. The summed E-state index contributed by atoms with van der Waals surface area (Å²) in [6, 6.07) is 0.103. The summed E-state index contributed by atoms with van der Waals surface area (Å²) in [6.07, 6.45) is 15.2. The maximum absolute atomic E-state index is 11.4. The van der Waals surface area contributed by atoms with Crippen LogP contribution < -0.4 is 5.32 Å². The number of nitrogens with one attached hydrogen (secondary N) is 1. The number of allylic oxidation sites excluding steroid dienone is 7. The molecule has 1 N–H and O–H groups in total. The number of rotatable bonds is 12. The minimum absolute atomic E-state index is 0.103. The molecule has 0 saturated carbocycles. The molecule has 0 radical (unpaired) electrons. The second-order valence-corrected chi connectivity index (χ2v) is 7.95. The summed E-state index contributed by atoms with van der Waals surface area (Å²) in [5, 5.41) is 2.71. The Morgan fingerprint density at radius 3 is 1.67 bits per heavy atom. The third-order valence-corrected chi connectivity index (χ3v) is 4.21. The Bertz CT molecular complexity index is 547. The van der Waals surface area contributed by atoms with Gasteiger partial charge in [-0.3, -0.25) is 0 Å². The smallest absolute Gasteiger partial charge is 0.407 e. The molecule has 3 heteroatoms. The average Bonchev–Trinajstić information content (AvgIpc) is 2.53. The fourth-order valence-electron chi connectivity index (χ4n) is 2.52. The van der Waals surface area contributed by atoms with Crippen LogP contribution in [0.15, 0.2) is 46.6 Å². The van der Waals surface area contributed by atoms with E-state index in [9.17, 15) is 4.79 Å². The van der Waals surface area contributed by atoms with Gasteiger partial charge in [-0.15, -0.1) is 0 Å². The van der Waals surface area contributed by atoms with Crippen LogP contribution >= 0.6 is 0 Å². The van der Waals surface area contributed by atoms with Crippen molar-refractivity contribution in [3.05, 3.63) is 46.6 Å². The van der Waals surface area contributed by atoms with Gasteiger partial charge in [0.25, 0.3) is 0 Å². The van der Waals surface area contributed by atoms with Crippen LogP contribution in [-0.2, 0) is 4.74 Å². The van der Waals surface area contributed by atoms with Crippen molar-refractivity contribution in [2.75, 3.05) is 6.61 Å². The minimum Gasteiger partial charge on any atom is -0.445 e. The highest BCUT2D eigenvalue weighted by Crippen LogP contribution is 2.13. The van der Waals surface area contributed by atoms with Crippen molar-refractivity contribution in [2.24, 2.45) is 0 Å². The molecule has 0 aromatic rings. The van der Waals surface area contributed by atoms with Gasteiger partial charge in [-0.2, -0.15) is 0 Å². The second kappa shape index (κ2) is 15.3. The topological polar surface area (TPSA) is 38.3 Å². The molecule has 0 heterocycles. The van der Waals surface area contributed by atoms with Crippen molar-refractivity contribution < 1.29 is 9.53 Å². The lowest BCUT2D eigenvalue weighted by Gasteiger charge is -2.08. The first kappa shape index (κ1) is 25.2. The number of carbonyl (C=O) groups excluding carboxylic acids is 1. The fourth-order valence-corrected chi connectivity index (χ4v) is 2.52. The zero-order chi connectivity index (χ0) is 20.7. The van der Waals surface area contributed by atoms with E-state index in [2.05, 4.69) is 58.2 Å². The van der Waals surface area contributed by atoms with Crippen molar-refractivity contribution >= 4 is 6.09 Å². The van der Waals surface area contributed by atoms with Gasteiger partial charge < -0.3 is 10.1 Å². The zero-order valence-corrected chi connectivity index (χ0v) is 18.7. The maximum Gasteiger partial charge on any atom is 0.407 e. The molecule has 3 nitrogen and oxygen atoms in total. The predicted molar refractivity (Wildman–Crippen MR) is 118 cm³/mol. The molecule has 27 heavy (non-hydrogen) atoms. The van der Waals surface area contributed by atoms with E-state index in [1.807, 2.05) is 19.9 Å². The van der Waals surface area contributed by atoms with Gasteiger partial charge in [-0.05, 0) is 93.1 Å². The summed E-state index contributed by atoms with van der Waals surface area (Å²) >= 11 is 0. The van der Waals surface area contributed by atoms with Crippen LogP contribution in [0, 0.1) is 0 Å². The molecule has 0 fully saturated rings.